The van der Waals surface area contributed by atoms with Gasteiger partial charge in [0.05, 0.1) is 11.9 Å². The molecule has 0 aliphatic carbocycles. The fraction of sp³-hybridized carbons (Fsp3) is 0.133. The van der Waals surface area contributed by atoms with Crippen molar-refractivity contribution in [1.29, 1.82) is 0 Å². The van der Waals surface area contributed by atoms with Crippen molar-refractivity contribution in [3.05, 3.63) is 48.8 Å². The number of imidazole rings is 1. The average Bonchev–Trinajstić information content (AvgIpc) is 3.16. The Bertz CT molecular complexity index is 776. The summed E-state index contributed by atoms with van der Waals surface area (Å²) in [4.78, 5) is 5.74. The molecule has 1 aliphatic heterocycles. The molecule has 4 nitrogen and oxygen atoms in total. The molecule has 4 rings (SSSR count). The first kappa shape index (κ1) is 11.8. The second-order valence-corrected chi connectivity index (χ2v) is 6.05. The van der Waals surface area contributed by atoms with Crippen LogP contribution in [0.1, 0.15) is 0 Å². The molecule has 3 heterocycles. The van der Waals surface area contributed by atoms with Crippen LogP contribution in [0.4, 0.5) is 5.69 Å². The number of hydrogen-bond acceptors (Lipinski definition) is 4. The number of hydrogen-bond donors (Lipinski definition) is 1. The smallest absolute Gasteiger partial charge is 0.138 e. The summed E-state index contributed by atoms with van der Waals surface area (Å²) in [5, 5.41) is 0. The Morgan fingerprint density at radius 1 is 1.15 bits per heavy atom. The van der Waals surface area contributed by atoms with Gasteiger partial charge in [-0.2, -0.15) is 0 Å². The van der Waals surface area contributed by atoms with Gasteiger partial charge in [0.1, 0.15) is 5.65 Å². The van der Waals surface area contributed by atoms with E-state index in [0.29, 0.717) is 0 Å². The SMILES string of the molecule is Nc1cccc(-c2cnc3cc(SN4CC4)ccn23)c1. The number of nitrogens with zero attached hydrogens (tertiary/aromatic N) is 3. The van der Waals surface area contributed by atoms with Gasteiger partial charge in [-0.05, 0) is 36.2 Å². The summed E-state index contributed by atoms with van der Waals surface area (Å²) in [6.07, 6.45) is 3.97. The third-order valence-corrected chi connectivity index (χ3v) is 4.40. The molecule has 3 aromatic rings. The van der Waals surface area contributed by atoms with Gasteiger partial charge in [0.15, 0.2) is 0 Å². The van der Waals surface area contributed by atoms with E-state index in [1.54, 1.807) is 11.9 Å². The summed E-state index contributed by atoms with van der Waals surface area (Å²) in [5.74, 6) is 0. The molecule has 2 N–H and O–H groups in total. The van der Waals surface area contributed by atoms with Crippen LogP contribution in [0, 0.1) is 0 Å². The topological polar surface area (TPSA) is 46.3 Å². The van der Waals surface area contributed by atoms with Crippen molar-refractivity contribution >= 4 is 23.3 Å². The van der Waals surface area contributed by atoms with Crippen molar-refractivity contribution in [2.45, 2.75) is 4.90 Å². The summed E-state index contributed by atoms with van der Waals surface area (Å²) in [5.41, 5.74) is 9.74. The van der Waals surface area contributed by atoms with Crippen LogP contribution in [-0.2, 0) is 0 Å². The maximum atomic E-state index is 5.86. The maximum absolute atomic E-state index is 5.86. The molecule has 0 radical (unpaired) electrons. The Balaban J connectivity index is 1.77. The lowest BCUT2D eigenvalue weighted by Gasteiger charge is -2.05. The normalized spacial score (nSPS) is 14.8. The van der Waals surface area contributed by atoms with E-state index in [0.717, 1.165) is 22.6 Å². The van der Waals surface area contributed by atoms with Crippen LogP contribution in [0.5, 0.6) is 0 Å². The number of rotatable bonds is 3. The van der Waals surface area contributed by atoms with Crippen molar-refractivity contribution in [3.8, 4) is 11.3 Å². The second-order valence-electron chi connectivity index (χ2n) is 4.88. The largest absolute Gasteiger partial charge is 0.399 e. The fourth-order valence-electron chi connectivity index (χ4n) is 2.21. The molecule has 0 atom stereocenters. The summed E-state index contributed by atoms with van der Waals surface area (Å²) in [6.45, 7) is 2.36. The van der Waals surface area contributed by atoms with Gasteiger partial charge in [-0.15, -0.1) is 0 Å². The predicted octanol–water partition coefficient (Wildman–Crippen LogP) is 2.91. The second kappa shape index (κ2) is 4.54. The van der Waals surface area contributed by atoms with Crippen LogP contribution >= 0.6 is 11.9 Å². The third-order valence-electron chi connectivity index (χ3n) is 3.31. The van der Waals surface area contributed by atoms with E-state index in [9.17, 15) is 0 Å². The van der Waals surface area contributed by atoms with Crippen LogP contribution in [-0.4, -0.2) is 26.8 Å². The molecule has 0 bridgehead atoms. The highest BCUT2D eigenvalue weighted by atomic mass is 32.2. The van der Waals surface area contributed by atoms with Gasteiger partial charge in [0.2, 0.25) is 0 Å². The zero-order chi connectivity index (χ0) is 13.5. The molecule has 5 heteroatoms. The summed E-state index contributed by atoms with van der Waals surface area (Å²) in [6, 6.07) is 12.1. The van der Waals surface area contributed by atoms with E-state index >= 15 is 0 Å². The lowest BCUT2D eigenvalue weighted by Crippen LogP contribution is -1.91. The summed E-state index contributed by atoms with van der Waals surface area (Å²) < 4.78 is 4.41. The minimum Gasteiger partial charge on any atom is -0.399 e. The third kappa shape index (κ3) is 2.15. The van der Waals surface area contributed by atoms with Gasteiger partial charge < -0.3 is 5.73 Å². The van der Waals surface area contributed by atoms with Crippen LogP contribution in [0.25, 0.3) is 16.9 Å². The van der Waals surface area contributed by atoms with Crippen molar-refractivity contribution in [1.82, 2.24) is 13.7 Å². The first-order valence-electron chi connectivity index (χ1n) is 6.55. The Morgan fingerprint density at radius 2 is 2.05 bits per heavy atom. The molecule has 1 fully saturated rings. The molecule has 1 aliphatic rings. The van der Waals surface area contributed by atoms with Gasteiger partial charge in [0.25, 0.3) is 0 Å². The molecule has 0 saturated carbocycles. The molecule has 0 spiro atoms. The van der Waals surface area contributed by atoms with Gasteiger partial charge in [-0.1, -0.05) is 12.1 Å². The van der Waals surface area contributed by atoms with Crippen LogP contribution in [0.2, 0.25) is 0 Å². The number of nitrogen functional groups attached to an aromatic ring is 1. The monoisotopic (exact) mass is 282 g/mol. The number of pyridine rings is 1. The average molecular weight is 282 g/mol. The van der Waals surface area contributed by atoms with Crippen molar-refractivity contribution in [2.75, 3.05) is 18.8 Å². The Morgan fingerprint density at radius 3 is 2.85 bits per heavy atom. The number of aromatic nitrogens is 2. The zero-order valence-corrected chi connectivity index (χ0v) is 11.7. The van der Waals surface area contributed by atoms with E-state index < -0.39 is 0 Å². The van der Waals surface area contributed by atoms with Crippen LogP contribution in [0.15, 0.2) is 53.7 Å². The molecule has 20 heavy (non-hydrogen) atoms. The fourth-order valence-corrected chi connectivity index (χ4v) is 3.05. The maximum Gasteiger partial charge on any atom is 0.138 e. The first-order chi connectivity index (χ1) is 9.79. The van der Waals surface area contributed by atoms with Gasteiger partial charge in [0, 0.05) is 35.4 Å². The lowest BCUT2D eigenvalue weighted by atomic mass is 10.1. The van der Waals surface area contributed by atoms with Crippen molar-refractivity contribution in [3.63, 3.8) is 0 Å². The van der Waals surface area contributed by atoms with E-state index in [1.807, 2.05) is 24.4 Å². The van der Waals surface area contributed by atoms with Crippen LogP contribution in [0.3, 0.4) is 0 Å². The molecular weight excluding hydrogens is 268 g/mol. The van der Waals surface area contributed by atoms with Gasteiger partial charge in [-0.25, -0.2) is 9.29 Å². The Hall–Kier alpha value is -1.98. The van der Waals surface area contributed by atoms with Crippen LogP contribution < -0.4 is 5.73 Å². The summed E-state index contributed by atoms with van der Waals surface area (Å²) >= 11 is 1.79. The number of benzene rings is 1. The highest BCUT2D eigenvalue weighted by Crippen LogP contribution is 2.30. The minimum atomic E-state index is 0.770. The lowest BCUT2D eigenvalue weighted by molar-refractivity contribution is 0.949. The standard InChI is InChI=1S/C15H14N4S/c16-12-3-1-2-11(8-12)14-10-17-15-9-13(4-5-19(14)15)20-18-6-7-18/h1-5,8-10H,6-7,16H2. The van der Waals surface area contributed by atoms with E-state index in [4.69, 9.17) is 5.73 Å². The molecule has 1 saturated heterocycles. The summed E-state index contributed by atoms with van der Waals surface area (Å²) in [7, 11) is 0. The van der Waals surface area contributed by atoms with Gasteiger partial charge >= 0.3 is 0 Å². The quantitative estimate of drug-likeness (QED) is 0.456. The number of nitrogens with two attached hydrogens (primary N) is 1. The molecule has 0 amide bonds. The zero-order valence-electron chi connectivity index (χ0n) is 10.9. The predicted molar refractivity (Wildman–Crippen MR) is 82.5 cm³/mol. The minimum absolute atomic E-state index is 0.770. The molecule has 1 aromatic carbocycles. The molecule has 2 aromatic heterocycles. The van der Waals surface area contributed by atoms with Crippen molar-refractivity contribution in [2.24, 2.45) is 0 Å². The molecule has 0 unspecified atom stereocenters. The Kier molecular flexibility index (Phi) is 2.68. The number of fused-ring (bicyclic) bond motifs is 1. The first-order valence-corrected chi connectivity index (χ1v) is 7.33. The highest BCUT2D eigenvalue weighted by molar-refractivity contribution is 7.97. The van der Waals surface area contributed by atoms with Gasteiger partial charge in [-0.3, -0.25) is 4.40 Å². The number of anilines is 1. The molecular formula is C15H14N4S. The Labute approximate surface area is 121 Å². The van der Waals surface area contributed by atoms with E-state index in [1.165, 1.54) is 18.0 Å². The molecule has 100 valence electrons. The van der Waals surface area contributed by atoms with Crippen molar-refractivity contribution < 1.29 is 0 Å². The van der Waals surface area contributed by atoms with E-state index in [-0.39, 0.29) is 0 Å². The highest BCUT2D eigenvalue weighted by Gasteiger charge is 2.18. The van der Waals surface area contributed by atoms with E-state index in [2.05, 4.69) is 38.1 Å².